The number of nitrogens with zero attached hydrogens (tertiary/aromatic N) is 2. The molecular weight excluding hydrogens is 656 g/mol. The molecule has 0 aliphatic rings. The number of anilines is 2. The fraction of sp³-hybridized carbons (Fsp3) is 0.286. The Kier molecular flexibility index (Phi) is 27.0. The summed E-state index contributed by atoms with van der Waals surface area (Å²) >= 11 is 0. The van der Waals surface area contributed by atoms with Crippen molar-refractivity contribution in [2.24, 2.45) is 0 Å². The van der Waals surface area contributed by atoms with Crippen molar-refractivity contribution in [1.82, 2.24) is 10.6 Å². The van der Waals surface area contributed by atoms with Gasteiger partial charge >= 0.3 is 0 Å². The topological polar surface area (TPSA) is 117 Å². The Morgan fingerprint density at radius 1 is 0.519 bits per heavy atom. The van der Waals surface area contributed by atoms with E-state index in [1.165, 1.54) is 22.5 Å². The molecule has 0 spiro atoms. The maximum atomic E-state index is 10.5. The van der Waals surface area contributed by atoms with Crippen LogP contribution in [0.1, 0.15) is 11.1 Å². The first-order chi connectivity index (χ1) is 25.1. The van der Waals surface area contributed by atoms with Crippen molar-refractivity contribution in [1.29, 1.82) is 0 Å². The van der Waals surface area contributed by atoms with Gasteiger partial charge < -0.3 is 39.5 Å². The summed E-state index contributed by atoms with van der Waals surface area (Å²) in [5.41, 5.74) is 4.74. The first-order valence-corrected chi connectivity index (χ1v) is 16.6. The highest BCUT2D eigenvalue weighted by atomic mass is 16.5. The number of hydrogen-bond donors (Lipinski definition) is 2. The number of carbonyl (C=O) groups is 4. The Labute approximate surface area is 310 Å². The standard InChI is InChI=1S/2C10H13NO.2C9H13NO.C4H4O2/c2*1-11-10(8-12)7-9-5-3-2-4-6-9;2*1-10(2)8-4-6-9(11-3)7-5-8;5-3-1-2-4-6/h2*2-6,8,10-11H,7H2,1H3;2*4-7H,1-3H3;1-4H/b;;;;2-1-/t10-;;;;/m0..../s1. The summed E-state index contributed by atoms with van der Waals surface area (Å²) in [6.45, 7) is 0. The zero-order valence-electron chi connectivity index (χ0n) is 31.8. The third kappa shape index (κ3) is 22.2. The molecule has 0 amide bonds. The Morgan fingerprint density at radius 3 is 1.04 bits per heavy atom. The normalized spacial score (nSPS) is 10.7. The predicted molar refractivity (Wildman–Crippen MR) is 214 cm³/mol. The van der Waals surface area contributed by atoms with Crippen LogP contribution in [-0.4, -0.2) is 93.7 Å². The lowest BCUT2D eigenvalue weighted by atomic mass is 10.1. The van der Waals surface area contributed by atoms with E-state index in [4.69, 9.17) is 9.47 Å². The number of carbonyl (C=O) groups excluding carboxylic acids is 4. The number of rotatable bonds is 14. The monoisotopic (exact) mass is 712 g/mol. The minimum Gasteiger partial charge on any atom is -0.497 e. The van der Waals surface area contributed by atoms with Gasteiger partial charge in [0, 0.05) is 39.6 Å². The highest BCUT2D eigenvalue weighted by molar-refractivity contribution is 5.75. The number of hydrogen-bond acceptors (Lipinski definition) is 10. The third-order valence-corrected chi connectivity index (χ3v) is 7.11. The number of nitrogens with one attached hydrogen (secondary N) is 2. The zero-order valence-corrected chi connectivity index (χ0v) is 31.8. The molecule has 0 heterocycles. The number of aldehydes is 4. The maximum absolute atomic E-state index is 10.5. The lowest BCUT2D eigenvalue weighted by molar-refractivity contribution is -0.110. The molecule has 0 fully saturated rings. The van der Waals surface area contributed by atoms with Crippen molar-refractivity contribution in [3.63, 3.8) is 0 Å². The van der Waals surface area contributed by atoms with Gasteiger partial charge in [-0.05, 0) is 98.7 Å². The lowest BCUT2D eigenvalue weighted by Crippen LogP contribution is -2.28. The van der Waals surface area contributed by atoms with E-state index in [1.54, 1.807) is 28.3 Å². The molecule has 0 aromatic heterocycles. The lowest BCUT2D eigenvalue weighted by Gasteiger charge is -2.11. The van der Waals surface area contributed by atoms with Gasteiger partial charge in [0.1, 0.15) is 36.6 Å². The van der Waals surface area contributed by atoms with E-state index < -0.39 is 0 Å². The second-order valence-corrected chi connectivity index (χ2v) is 11.3. The molecule has 4 aromatic carbocycles. The molecule has 2 N–H and O–H groups in total. The molecule has 10 nitrogen and oxygen atoms in total. The summed E-state index contributed by atoms with van der Waals surface area (Å²) in [6, 6.07) is 35.7. The Morgan fingerprint density at radius 2 is 0.827 bits per heavy atom. The van der Waals surface area contributed by atoms with Crippen molar-refractivity contribution in [2.45, 2.75) is 24.9 Å². The highest BCUT2D eigenvalue weighted by Gasteiger charge is 2.04. The summed E-state index contributed by atoms with van der Waals surface area (Å²) in [5.74, 6) is 1.80. The van der Waals surface area contributed by atoms with E-state index in [0.29, 0.717) is 12.6 Å². The van der Waals surface area contributed by atoms with Crippen LogP contribution in [0.4, 0.5) is 11.4 Å². The van der Waals surface area contributed by atoms with E-state index in [2.05, 4.69) is 20.4 Å². The number of allylic oxidation sites excluding steroid dienone is 2. The fourth-order valence-corrected chi connectivity index (χ4v) is 4.02. The van der Waals surface area contributed by atoms with Crippen molar-refractivity contribution in [3.8, 4) is 11.5 Å². The molecule has 0 radical (unpaired) electrons. The van der Waals surface area contributed by atoms with Crippen LogP contribution in [-0.2, 0) is 32.0 Å². The second kappa shape index (κ2) is 30.3. The third-order valence-electron chi connectivity index (χ3n) is 7.11. The van der Waals surface area contributed by atoms with Crippen LogP contribution >= 0.6 is 0 Å². The molecule has 0 bridgehead atoms. The molecule has 10 heteroatoms. The summed E-state index contributed by atoms with van der Waals surface area (Å²) < 4.78 is 10.1. The van der Waals surface area contributed by atoms with Crippen molar-refractivity contribution >= 4 is 36.5 Å². The smallest absolute Gasteiger partial charge is 0.142 e. The van der Waals surface area contributed by atoms with Crippen LogP contribution in [0.25, 0.3) is 0 Å². The van der Waals surface area contributed by atoms with E-state index in [1.807, 2.05) is 137 Å². The molecule has 0 aliphatic carbocycles. The molecule has 4 aromatic rings. The van der Waals surface area contributed by atoms with Gasteiger partial charge in [-0.15, -0.1) is 0 Å². The summed E-state index contributed by atoms with van der Waals surface area (Å²) in [7, 11) is 15.0. The van der Waals surface area contributed by atoms with Crippen LogP contribution in [0, 0.1) is 0 Å². The SMILES string of the molecule is CNC(C=O)Cc1ccccc1.CN[C@H](C=O)Cc1ccccc1.COc1ccc(N(C)C)cc1.COc1ccc(N(C)C)cc1.O=C/C=C\C=O. The summed E-state index contributed by atoms with van der Waals surface area (Å²) in [6.07, 6.45) is 6.77. The number of ether oxygens (including phenoxy) is 2. The van der Waals surface area contributed by atoms with Crippen LogP contribution in [0.5, 0.6) is 11.5 Å². The van der Waals surface area contributed by atoms with Gasteiger partial charge in [-0.2, -0.15) is 0 Å². The largest absolute Gasteiger partial charge is 0.497 e. The van der Waals surface area contributed by atoms with Crippen LogP contribution in [0.3, 0.4) is 0 Å². The zero-order chi connectivity index (χ0) is 39.0. The molecular formula is C42H56N4O6. The van der Waals surface area contributed by atoms with Crippen molar-refractivity contribution in [2.75, 3.05) is 66.3 Å². The Bertz CT molecular complexity index is 1380. The molecule has 0 aliphatic heterocycles. The van der Waals surface area contributed by atoms with Gasteiger partial charge in [0.25, 0.3) is 0 Å². The number of methoxy groups -OCH3 is 2. The number of benzene rings is 4. The van der Waals surface area contributed by atoms with Gasteiger partial charge in [0.05, 0.1) is 26.3 Å². The fourth-order valence-electron chi connectivity index (χ4n) is 4.02. The number of likely N-dealkylation sites (N-methyl/N-ethyl adjacent to an activating group) is 2. The molecule has 1 unspecified atom stereocenters. The van der Waals surface area contributed by atoms with Crippen molar-refractivity contribution in [3.05, 3.63) is 132 Å². The average molecular weight is 713 g/mol. The van der Waals surface area contributed by atoms with E-state index in [0.717, 1.165) is 49.1 Å². The van der Waals surface area contributed by atoms with Gasteiger partial charge in [0.2, 0.25) is 0 Å². The summed E-state index contributed by atoms with van der Waals surface area (Å²) in [4.78, 5) is 43.7. The minimum atomic E-state index is -0.0626. The first-order valence-electron chi connectivity index (χ1n) is 16.6. The van der Waals surface area contributed by atoms with Crippen LogP contribution in [0.2, 0.25) is 0 Å². The molecule has 4 rings (SSSR count). The minimum absolute atomic E-state index is 0.0626. The highest BCUT2D eigenvalue weighted by Crippen LogP contribution is 2.17. The molecule has 0 saturated heterocycles. The molecule has 280 valence electrons. The van der Waals surface area contributed by atoms with Crippen LogP contribution < -0.4 is 29.9 Å². The van der Waals surface area contributed by atoms with Crippen LogP contribution in [0.15, 0.2) is 121 Å². The first kappa shape index (κ1) is 46.4. The van der Waals surface area contributed by atoms with Gasteiger partial charge in [-0.25, -0.2) is 0 Å². The molecule has 2 atom stereocenters. The van der Waals surface area contributed by atoms with E-state index in [-0.39, 0.29) is 12.1 Å². The summed E-state index contributed by atoms with van der Waals surface area (Å²) in [5, 5.41) is 5.86. The maximum Gasteiger partial charge on any atom is 0.142 e. The second-order valence-electron chi connectivity index (χ2n) is 11.3. The average Bonchev–Trinajstić information content (AvgIpc) is 3.20. The van der Waals surface area contributed by atoms with E-state index >= 15 is 0 Å². The molecule has 0 saturated carbocycles. The Hall–Kier alpha value is -5.58. The molecule has 52 heavy (non-hydrogen) atoms. The van der Waals surface area contributed by atoms with Gasteiger partial charge in [-0.1, -0.05) is 60.7 Å². The van der Waals surface area contributed by atoms with Gasteiger partial charge in [0.15, 0.2) is 0 Å². The quantitative estimate of drug-likeness (QED) is 0.128. The van der Waals surface area contributed by atoms with Gasteiger partial charge in [-0.3, -0.25) is 9.59 Å². The van der Waals surface area contributed by atoms with E-state index in [9.17, 15) is 19.2 Å². The Balaban J connectivity index is 0.000000635. The van der Waals surface area contributed by atoms with Crippen molar-refractivity contribution < 1.29 is 28.7 Å². The predicted octanol–water partition coefficient (Wildman–Crippen LogP) is 5.49.